The minimum absolute atomic E-state index is 0.335. The molecular formula is C21H18N2O3S. The Morgan fingerprint density at radius 1 is 1.00 bits per heavy atom. The molecule has 3 aromatic carbocycles. The van der Waals surface area contributed by atoms with Gasteiger partial charge in [-0.15, -0.1) is 0 Å². The lowest BCUT2D eigenvalue weighted by molar-refractivity contribution is 0.0997. The number of carbonyl (C=O) groups excluding carboxylic acids is 1. The van der Waals surface area contributed by atoms with Crippen molar-refractivity contribution in [3.05, 3.63) is 65.0 Å². The molecule has 0 atom stereocenters. The molecule has 4 aromatic rings. The zero-order valence-corrected chi connectivity index (χ0v) is 16.0. The average molecular weight is 378 g/mol. The molecule has 5 nitrogen and oxygen atoms in total. The first kappa shape index (κ1) is 17.3. The minimum atomic E-state index is -0.335. The number of aryl methyl sites for hydroxylation is 1. The number of fused-ring (bicyclic) bond motifs is 3. The van der Waals surface area contributed by atoms with Crippen molar-refractivity contribution in [3.8, 4) is 11.5 Å². The second kappa shape index (κ2) is 6.89. The third-order valence-electron chi connectivity index (χ3n) is 4.48. The minimum Gasteiger partial charge on any atom is -0.497 e. The van der Waals surface area contributed by atoms with Crippen LogP contribution < -0.4 is 14.3 Å². The maximum absolute atomic E-state index is 12.8. The van der Waals surface area contributed by atoms with E-state index in [9.17, 15) is 4.79 Å². The summed E-state index contributed by atoms with van der Waals surface area (Å²) in [5.41, 5.74) is 1.50. The Kier molecular flexibility index (Phi) is 4.41. The smallest absolute Gasteiger partial charge is 0.279 e. The van der Waals surface area contributed by atoms with Gasteiger partial charge in [-0.25, -0.2) is 0 Å². The maximum Gasteiger partial charge on any atom is 0.279 e. The Labute approximate surface area is 160 Å². The number of benzene rings is 3. The van der Waals surface area contributed by atoms with E-state index >= 15 is 0 Å². The topological polar surface area (TPSA) is 52.8 Å². The van der Waals surface area contributed by atoms with Crippen LogP contribution in [0.3, 0.4) is 0 Å². The number of aromatic nitrogens is 1. The Hall–Kier alpha value is -3.12. The highest BCUT2D eigenvalue weighted by molar-refractivity contribution is 7.16. The summed E-state index contributed by atoms with van der Waals surface area (Å²) in [6.07, 6.45) is 0. The van der Waals surface area contributed by atoms with Crippen LogP contribution in [0.1, 0.15) is 10.4 Å². The van der Waals surface area contributed by atoms with Gasteiger partial charge in [0.05, 0.1) is 24.4 Å². The van der Waals surface area contributed by atoms with Crippen molar-refractivity contribution in [2.75, 3.05) is 14.2 Å². The van der Waals surface area contributed by atoms with Crippen LogP contribution in [0.2, 0.25) is 0 Å². The van der Waals surface area contributed by atoms with Gasteiger partial charge in [0.15, 0.2) is 4.80 Å². The summed E-state index contributed by atoms with van der Waals surface area (Å²) in [4.78, 5) is 17.8. The van der Waals surface area contributed by atoms with Gasteiger partial charge in [-0.1, -0.05) is 41.7 Å². The van der Waals surface area contributed by atoms with Crippen LogP contribution in [0.15, 0.2) is 59.6 Å². The zero-order valence-electron chi connectivity index (χ0n) is 15.2. The fourth-order valence-electron chi connectivity index (χ4n) is 3.11. The number of nitrogens with zero attached hydrogens (tertiary/aromatic N) is 2. The lowest BCUT2D eigenvalue weighted by atomic mass is 10.1. The summed E-state index contributed by atoms with van der Waals surface area (Å²) in [7, 11) is 5.04. The quantitative estimate of drug-likeness (QED) is 0.538. The van der Waals surface area contributed by atoms with Gasteiger partial charge in [0.2, 0.25) is 0 Å². The van der Waals surface area contributed by atoms with Gasteiger partial charge >= 0.3 is 0 Å². The summed E-state index contributed by atoms with van der Waals surface area (Å²) >= 11 is 1.49. The molecule has 0 aliphatic heterocycles. The summed E-state index contributed by atoms with van der Waals surface area (Å²) in [5.74, 6) is 0.776. The Morgan fingerprint density at radius 3 is 2.41 bits per heavy atom. The van der Waals surface area contributed by atoms with Crippen molar-refractivity contribution in [2.45, 2.75) is 0 Å². The normalized spacial score (nSPS) is 11.9. The zero-order chi connectivity index (χ0) is 19.0. The second-order valence-electron chi connectivity index (χ2n) is 6.10. The molecule has 0 aliphatic carbocycles. The van der Waals surface area contributed by atoms with Crippen molar-refractivity contribution >= 4 is 38.2 Å². The van der Waals surface area contributed by atoms with Gasteiger partial charge in [-0.05, 0) is 23.6 Å². The van der Waals surface area contributed by atoms with Crippen LogP contribution in [0, 0.1) is 0 Å². The lowest BCUT2D eigenvalue weighted by Gasteiger charge is -2.06. The summed E-state index contributed by atoms with van der Waals surface area (Å²) in [6.45, 7) is 0. The number of carbonyl (C=O) groups is 1. The van der Waals surface area contributed by atoms with E-state index in [-0.39, 0.29) is 5.91 Å². The molecular weight excluding hydrogens is 360 g/mol. The van der Waals surface area contributed by atoms with Crippen molar-refractivity contribution in [1.29, 1.82) is 0 Å². The number of hydrogen-bond acceptors (Lipinski definition) is 4. The first-order valence-electron chi connectivity index (χ1n) is 8.40. The number of methoxy groups -OCH3 is 2. The molecule has 0 saturated carbocycles. The molecule has 0 aliphatic rings. The predicted octanol–water partition coefficient (Wildman–Crippen LogP) is 4.15. The second-order valence-corrected chi connectivity index (χ2v) is 7.10. The van der Waals surface area contributed by atoms with Crippen molar-refractivity contribution in [1.82, 2.24) is 4.57 Å². The summed E-state index contributed by atoms with van der Waals surface area (Å²) < 4.78 is 13.5. The maximum atomic E-state index is 12.8. The van der Waals surface area contributed by atoms with Crippen molar-refractivity contribution in [2.24, 2.45) is 12.0 Å². The van der Waals surface area contributed by atoms with E-state index in [0.29, 0.717) is 21.9 Å². The average Bonchev–Trinajstić information content (AvgIpc) is 3.03. The Morgan fingerprint density at radius 2 is 1.70 bits per heavy atom. The van der Waals surface area contributed by atoms with Gasteiger partial charge in [-0.2, -0.15) is 4.99 Å². The molecule has 0 bridgehead atoms. The largest absolute Gasteiger partial charge is 0.497 e. The highest BCUT2D eigenvalue weighted by Gasteiger charge is 2.12. The van der Waals surface area contributed by atoms with Gasteiger partial charge in [0, 0.05) is 24.1 Å². The first-order chi connectivity index (χ1) is 13.1. The third kappa shape index (κ3) is 3.08. The highest BCUT2D eigenvalue weighted by atomic mass is 32.1. The molecule has 1 heterocycles. The first-order valence-corrected chi connectivity index (χ1v) is 9.22. The van der Waals surface area contributed by atoms with Crippen LogP contribution >= 0.6 is 11.3 Å². The lowest BCUT2D eigenvalue weighted by Crippen LogP contribution is -2.13. The SMILES string of the molecule is COc1cc(OC)cc(C(=O)N=c2sc3ccc4ccccc4c3n2C)c1. The van der Waals surface area contributed by atoms with E-state index in [1.54, 1.807) is 32.4 Å². The summed E-state index contributed by atoms with van der Waals surface area (Å²) in [6, 6.07) is 17.4. The molecule has 0 saturated heterocycles. The number of ether oxygens (including phenoxy) is 2. The van der Waals surface area contributed by atoms with E-state index in [0.717, 1.165) is 21.0 Å². The molecule has 0 N–H and O–H groups in total. The van der Waals surface area contributed by atoms with Gasteiger partial charge in [-0.3, -0.25) is 4.79 Å². The Balaban J connectivity index is 1.87. The molecule has 1 aromatic heterocycles. The number of thiazole rings is 1. The van der Waals surface area contributed by atoms with E-state index < -0.39 is 0 Å². The van der Waals surface area contributed by atoms with Crippen LogP contribution in [0.25, 0.3) is 21.0 Å². The fraction of sp³-hybridized carbons (Fsp3) is 0.143. The van der Waals surface area contributed by atoms with E-state index in [1.807, 2.05) is 23.7 Å². The van der Waals surface area contributed by atoms with E-state index in [4.69, 9.17) is 9.47 Å². The van der Waals surface area contributed by atoms with Gasteiger partial charge in [0.1, 0.15) is 11.5 Å². The fourth-order valence-corrected chi connectivity index (χ4v) is 4.14. The molecule has 0 unspecified atom stereocenters. The molecule has 0 radical (unpaired) electrons. The van der Waals surface area contributed by atoms with Crippen LogP contribution in [-0.2, 0) is 7.05 Å². The van der Waals surface area contributed by atoms with E-state index in [2.05, 4.69) is 29.3 Å². The number of hydrogen-bond donors (Lipinski definition) is 0. The Bertz CT molecular complexity index is 1220. The van der Waals surface area contributed by atoms with Gasteiger partial charge in [0.25, 0.3) is 5.91 Å². The van der Waals surface area contributed by atoms with E-state index in [1.165, 1.54) is 11.3 Å². The molecule has 4 rings (SSSR count). The highest BCUT2D eigenvalue weighted by Crippen LogP contribution is 2.27. The molecule has 1 amide bonds. The molecule has 0 spiro atoms. The molecule has 0 fully saturated rings. The summed E-state index contributed by atoms with van der Waals surface area (Å²) in [5, 5.41) is 2.31. The molecule has 136 valence electrons. The number of rotatable bonds is 3. The van der Waals surface area contributed by atoms with Crippen molar-refractivity contribution in [3.63, 3.8) is 0 Å². The predicted molar refractivity (Wildman–Crippen MR) is 108 cm³/mol. The van der Waals surface area contributed by atoms with Crippen LogP contribution in [0.5, 0.6) is 11.5 Å². The molecule has 27 heavy (non-hydrogen) atoms. The third-order valence-corrected chi connectivity index (χ3v) is 5.58. The molecule has 6 heteroatoms. The van der Waals surface area contributed by atoms with Crippen molar-refractivity contribution < 1.29 is 14.3 Å². The van der Waals surface area contributed by atoms with Crippen LogP contribution in [-0.4, -0.2) is 24.7 Å². The monoisotopic (exact) mass is 378 g/mol. The standard InChI is InChI=1S/C21H18N2O3S/c1-23-19-17-7-5-4-6-13(17)8-9-18(19)27-21(23)22-20(24)14-10-15(25-2)12-16(11-14)26-3/h4-12H,1-3H3. The van der Waals surface area contributed by atoms with Crippen LogP contribution in [0.4, 0.5) is 0 Å². The van der Waals surface area contributed by atoms with Gasteiger partial charge < -0.3 is 14.0 Å². The number of amides is 1.